The highest BCUT2D eigenvalue weighted by Gasteiger charge is 2.08. The predicted molar refractivity (Wildman–Crippen MR) is 97.3 cm³/mol. The second-order valence-electron chi connectivity index (χ2n) is 5.23. The lowest BCUT2D eigenvalue weighted by atomic mass is 10.1. The van der Waals surface area contributed by atoms with Gasteiger partial charge in [-0.1, -0.05) is 89.2 Å². The predicted octanol–water partition coefficient (Wildman–Crippen LogP) is 5.66. The van der Waals surface area contributed by atoms with E-state index in [9.17, 15) is 0 Å². The molecule has 0 saturated carbocycles. The molecule has 0 aliphatic carbocycles. The maximum Gasteiger partial charge on any atom is 0.299 e. The summed E-state index contributed by atoms with van der Waals surface area (Å²) in [5, 5.41) is 9.70. The molecule has 0 N–H and O–H groups in total. The minimum Gasteiger partial charge on any atom is -0.430 e. The maximum atomic E-state index is 5.82. The maximum absolute atomic E-state index is 5.82. The Morgan fingerprint density at radius 1 is 0.583 bits per heavy atom. The van der Waals surface area contributed by atoms with Crippen molar-refractivity contribution in [2.24, 2.45) is 0 Å². The normalized spacial score (nSPS) is 10.5. The van der Waals surface area contributed by atoms with Crippen LogP contribution in [0.15, 0.2) is 84.9 Å². The van der Waals surface area contributed by atoms with Crippen molar-refractivity contribution in [3.05, 3.63) is 84.9 Å². The zero-order valence-electron chi connectivity index (χ0n) is 12.8. The van der Waals surface area contributed by atoms with E-state index in [-0.39, 0.29) is 0 Å². The van der Waals surface area contributed by atoms with E-state index in [1.165, 1.54) is 16.9 Å². The lowest BCUT2D eigenvalue weighted by Gasteiger charge is -2.04. The summed E-state index contributed by atoms with van der Waals surface area (Å²) in [6.07, 6.45) is 0. The van der Waals surface area contributed by atoms with E-state index in [4.69, 9.17) is 4.74 Å². The number of hydrogen-bond donors (Lipinski definition) is 0. The molecule has 0 spiro atoms. The van der Waals surface area contributed by atoms with Crippen molar-refractivity contribution >= 4 is 11.3 Å². The molecule has 24 heavy (non-hydrogen) atoms. The van der Waals surface area contributed by atoms with E-state index in [0.29, 0.717) is 5.19 Å². The number of nitrogens with zero attached hydrogens (tertiary/aromatic N) is 2. The third-order valence-electron chi connectivity index (χ3n) is 3.59. The summed E-state index contributed by atoms with van der Waals surface area (Å²) in [5.74, 6) is 0.755. The van der Waals surface area contributed by atoms with Gasteiger partial charge in [0.25, 0.3) is 5.19 Å². The molecule has 0 bridgehead atoms. The fourth-order valence-electron chi connectivity index (χ4n) is 2.40. The molecule has 1 aromatic heterocycles. The Balaban J connectivity index is 1.51. The first-order chi connectivity index (χ1) is 11.9. The van der Waals surface area contributed by atoms with Crippen molar-refractivity contribution in [3.8, 4) is 32.6 Å². The molecular weight excluding hydrogens is 316 g/mol. The first kappa shape index (κ1) is 14.6. The summed E-state index contributed by atoms with van der Waals surface area (Å²) in [6, 6.07) is 28.2. The van der Waals surface area contributed by atoms with Gasteiger partial charge in [-0.2, -0.15) is 0 Å². The molecular formula is C20H14N2OS. The van der Waals surface area contributed by atoms with Crippen molar-refractivity contribution in [1.82, 2.24) is 10.2 Å². The first-order valence-corrected chi connectivity index (χ1v) is 8.42. The van der Waals surface area contributed by atoms with E-state index in [1.807, 2.05) is 72.8 Å². The minimum absolute atomic E-state index is 0.543. The summed E-state index contributed by atoms with van der Waals surface area (Å²) in [5.41, 5.74) is 3.39. The third kappa shape index (κ3) is 3.19. The second-order valence-corrected chi connectivity index (χ2v) is 6.17. The van der Waals surface area contributed by atoms with Gasteiger partial charge < -0.3 is 4.74 Å². The molecule has 0 atom stereocenters. The van der Waals surface area contributed by atoms with Crippen molar-refractivity contribution in [1.29, 1.82) is 0 Å². The molecule has 0 unspecified atom stereocenters. The molecule has 0 fully saturated rings. The molecule has 116 valence electrons. The highest BCUT2D eigenvalue weighted by atomic mass is 32.1. The van der Waals surface area contributed by atoms with E-state index in [1.54, 1.807) is 0 Å². The Bertz CT molecular complexity index is 919. The van der Waals surface area contributed by atoms with Crippen LogP contribution >= 0.6 is 11.3 Å². The summed E-state index contributed by atoms with van der Waals surface area (Å²) < 4.78 is 5.82. The van der Waals surface area contributed by atoms with Gasteiger partial charge in [0.1, 0.15) is 5.75 Å². The Hall–Kier alpha value is -2.98. The molecule has 1 heterocycles. The average Bonchev–Trinajstić information content (AvgIpc) is 3.12. The smallest absolute Gasteiger partial charge is 0.299 e. The van der Waals surface area contributed by atoms with Crippen LogP contribution in [0.25, 0.3) is 21.7 Å². The van der Waals surface area contributed by atoms with Crippen LogP contribution in [0.5, 0.6) is 10.9 Å². The number of rotatable bonds is 4. The third-order valence-corrected chi connectivity index (χ3v) is 4.44. The van der Waals surface area contributed by atoms with Crippen LogP contribution in [0.1, 0.15) is 0 Å². The number of ether oxygens (including phenoxy) is 1. The quantitative estimate of drug-likeness (QED) is 0.484. The summed E-state index contributed by atoms with van der Waals surface area (Å²) in [6.45, 7) is 0. The largest absolute Gasteiger partial charge is 0.430 e. The number of aromatic nitrogens is 2. The Kier molecular flexibility index (Phi) is 4.04. The van der Waals surface area contributed by atoms with Gasteiger partial charge in [-0.3, -0.25) is 0 Å². The van der Waals surface area contributed by atoms with Gasteiger partial charge in [-0.05, 0) is 23.3 Å². The fraction of sp³-hybridized carbons (Fsp3) is 0. The Morgan fingerprint density at radius 2 is 1.17 bits per heavy atom. The van der Waals surface area contributed by atoms with Crippen molar-refractivity contribution in [2.75, 3.05) is 0 Å². The van der Waals surface area contributed by atoms with Gasteiger partial charge in [0.05, 0.1) is 0 Å². The molecule has 4 heteroatoms. The van der Waals surface area contributed by atoms with Crippen LogP contribution in [0, 0.1) is 0 Å². The van der Waals surface area contributed by atoms with E-state index >= 15 is 0 Å². The van der Waals surface area contributed by atoms with Gasteiger partial charge in [0, 0.05) is 5.56 Å². The standard InChI is InChI=1S/C20H14N2OS/c1-3-7-15(8-4-1)16-11-13-18(14-12-16)23-20-22-21-19(24-20)17-9-5-2-6-10-17/h1-14H. The van der Waals surface area contributed by atoms with Crippen LogP contribution in [0.4, 0.5) is 0 Å². The molecule has 0 saturated heterocycles. The molecule has 0 aliphatic heterocycles. The van der Waals surface area contributed by atoms with Crippen molar-refractivity contribution < 1.29 is 4.74 Å². The lowest BCUT2D eigenvalue weighted by molar-refractivity contribution is 0.473. The van der Waals surface area contributed by atoms with Gasteiger partial charge in [0.2, 0.25) is 0 Å². The van der Waals surface area contributed by atoms with Crippen molar-refractivity contribution in [2.45, 2.75) is 0 Å². The minimum atomic E-state index is 0.543. The van der Waals surface area contributed by atoms with Gasteiger partial charge in [0.15, 0.2) is 5.01 Å². The van der Waals surface area contributed by atoms with Crippen LogP contribution < -0.4 is 4.74 Å². The van der Waals surface area contributed by atoms with Crippen molar-refractivity contribution in [3.63, 3.8) is 0 Å². The zero-order chi connectivity index (χ0) is 16.2. The summed E-state index contributed by atoms with van der Waals surface area (Å²) in [7, 11) is 0. The molecule has 0 amide bonds. The fourth-order valence-corrected chi connectivity index (χ4v) is 3.12. The summed E-state index contributed by atoms with van der Waals surface area (Å²) in [4.78, 5) is 0. The summed E-state index contributed by atoms with van der Waals surface area (Å²) >= 11 is 1.44. The number of benzene rings is 3. The molecule has 0 radical (unpaired) electrons. The Morgan fingerprint density at radius 3 is 1.83 bits per heavy atom. The SMILES string of the molecule is c1ccc(-c2ccc(Oc3nnc(-c4ccccc4)s3)cc2)cc1. The molecule has 4 rings (SSSR count). The zero-order valence-corrected chi connectivity index (χ0v) is 13.6. The second kappa shape index (κ2) is 6.64. The van der Waals surface area contributed by atoms with Gasteiger partial charge in [-0.25, -0.2) is 0 Å². The van der Waals surface area contributed by atoms with Crippen LogP contribution in [0.2, 0.25) is 0 Å². The number of hydrogen-bond acceptors (Lipinski definition) is 4. The van der Waals surface area contributed by atoms with Crippen LogP contribution in [0.3, 0.4) is 0 Å². The van der Waals surface area contributed by atoms with Crippen LogP contribution in [-0.2, 0) is 0 Å². The van der Waals surface area contributed by atoms with E-state index in [0.717, 1.165) is 21.9 Å². The van der Waals surface area contributed by atoms with Gasteiger partial charge in [-0.15, -0.1) is 5.10 Å². The van der Waals surface area contributed by atoms with Gasteiger partial charge >= 0.3 is 0 Å². The lowest BCUT2D eigenvalue weighted by Crippen LogP contribution is -1.84. The average molecular weight is 330 g/mol. The topological polar surface area (TPSA) is 35.0 Å². The highest BCUT2D eigenvalue weighted by molar-refractivity contribution is 7.16. The molecule has 3 aromatic carbocycles. The molecule has 4 aromatic rings. The van der Waals surface area contributed by atoms with E-state index < -0.39 is 0 Å². The molecule has 0 aliphatic rings. The van der Waals surface area contributed by atoms with Crippen LogP contribution in [-0.4, -0.2) is 10.2 Å². The first-order valence-electron chi connectivity index (χ1n) is 7.61. The highest BCUT2D eigenvalue weighted by Crippen LogP contribution is 2.31. The monoisotopic (exact) mass is 330 g/mol. The molecule has 3 nitrogen and oxygen atoms in total. The Labute approximate surface area is 144 Å². The van der Waals surface area contributed by atoms with E-state index in [2.05, 4.69) is 22.3 Å².